The van der Waals surface area contributed by atoms with Crippen molar-refractivity contribution < 1.29 is 9.53 Å². The van der Waals surface area contributed by atoms with Crippen LogP contribution in [0.5, 0.6) is 0 Å². The summed E-state index contributed by atoms with van der Waals surface area (Å²) < 4.78 is 6.34. The van der Waals surface area contributed by atoms with Gasteiger partial charge in [-0.3, -0.25) is 4.79 Å². The van der Waals surface area contributed by atoms with Crippen molar-refractivity contribution in [2.45, 2.75) is 44.9 Å². The fraction of sp³-hybridized carbons (Fsp3) is 0.476. The second-order valence-electron chi connectivity index (χ2n) is 7.72. The van der Waals surface area contributed by atoms with Crippen LogP contribution in [0.2, 0.25) is 0 Å². The number of carbonyl (C=O) groups is 1. The van der Waals surface area contributed by atoms with E-state index in [0.717, 1.165) is 5.56 Å². The number of morpholine rings is 1. The van der Waals surface area contributed by atoms with Crippen LogP contribution in [-0.2, 0) is 4.74 Å². The highest BCUT2D eigenvalue weighted by Crippen LogP contribution is 2.39. The van der Waals surface area contributed by atoms with Crippen LogP contribution in [0.3, 0.4) is 0 Å². The number of nitrogens with one attached hydrogen (secondary N) is 1. The molecule has 0 spiro atoms. The maximum Gasteiger partial charge on any atom is 0.257 e. The van der Waals surface area contributed by atoms with E-state index in [1.807, 2.05) is 36.9 Å². The zero-order chi connectivity index (χ0) is 18.8. The molecule has 2 heterocycles. The third-order valence-corrected chi connectivity index (χ3v) is 5.05. The van der Waals surface area contributed by atoms with Gasteiger partial charge < -0.3 is 15.0 Å². The Hall–Kier alpha value is -2.47. The van der Waals surface area contributed by atoms with E-state index < -0.39 is 0 Å². The number of anilines is 1. The highest BCUT2D eigenvalue weighted by molar-refractivity contribution is 5.93. The SMILES string of the molecule is CC(C)Nc1ncc(C(=O)N2C[C@@H](c3ccccc3)O[C@@H](C3CC3)C2)cn1. The minimum absolute atomic E-state index is 0.0269. The molecule has 142 valence electrons. The molecule has 6 heteroatoms. The first kappa shape index (κ1) is 17.9. The minimum Gasteiger partial charge on any atom is -0.366 e. The van der Waals surface area contributed by atoms with Gasteiger partial charge in [-0.05, 0) is 38.2 Å². The molecule has 6 nitrogen and oxygen atoms in total. The Morgan fingerprint density at radius 2 is 1.85 bits per heavy atom. The summed E-state index contributed by atoms with van der Waals surface area (Å²) in [7, 11) is 0. The maximum absolute atomic E-state index is 13.1. The monoisotopic (exact) mass is 366 g/mol. The second-order valence-corrected chi connectivity index (χ2v) is 7.72. The lowest BCUT2D eigenvalue weighted by Crippen LogP contribution is -2.47. The van der Waals surface area contributed by atoms with E-state index in [1.54, 1.807) is 12.4 Å². The molecule has 1 aromatic heterocycles. The Labute approximate surface area is 160 Å². The number of hydrogen-bond acceptors (Lipinski definition) is 5. The third-order valence-electron chi connectivity index (χ3n) is 5.05. The second kappa shape index (κ2) is 7.64. The molecule has 27 heavy (non-hydrogen) atoms. The van der Waals surface area contributed by atoms with Crippen molar-refractivity contribution in [1.82, 2.24) is 14.9 Å². The number of amides is 1. The van der Waals surface area contributed by atoms with E-state index in [-0.39, 0.29) is 24.2 Å². The number of ether oxygens (including phenoxy) is 1. The number of rotatable bonds is 5. The van der Waals surface area contributed by atoms with Crippen LogP contribution in [0.1, 0.15) is 48.7 Å². The molecule has 1 aromatic carbocycles. The number of nitrogens with zero attached hydrogens (tertiary/aromatic N) is 3. The molecule has 1 saturated heterocycles. The molecule has 1 N–H and O–H groups in total. The molecule has 1 amide bonds. The van der Waals surface area contributed by atoms with Crippen molar-refractivity contribution in [2.75, 3.05) is 18.4 Å². The van der Waals surface area contributed by atoms with E-state index >= 15 is 0 Å². The lowest BCUT2D eigenvalue weighted by molar-refractivity contribution is -0.0864. The first-order valence-corrected chi connectivity index (χ1v) is 9.68. The summed E-state index contributed by atoms with van der Waals surface area (Å²) in [6, 6.07) is 10.4. The van der Waals surface area contributed by atoms with Gasteiger partial charge in [0.15, 0.2) is 0 Å². The summed E-state index contributed by atoms with van der Waals surface area (Å²) >= 11 is 0. The lowest BCUT2D eigenvalue weighted by atomic mass is 10.0. The Kier molecular flexibility index (Phi) is 5.07. The summed E-state index contributed by atoms with van der Waals surface area (Å²) in [5.74, 6) is 1.09. The fourth-order valence-corrected chi connectivity index (χ4v) is 3.49. The smallest absolute Gasteiger partial charge is 0.257 e. The first-order valence-electron chi connectivity index (χ1n) is 9.68. The van der Waals surface area contributed by atoms with E-state index in [4.69, 9.17) is 4.74 Å². The van der Waals surface area contributed by atoms with Gasteiger partial charge in [0.05, 0.1) is 18.2 Å². The van der Waals surface area contributed by atoms with Crippen molar-refractivity contribution in [2.24, 2.45) is 5.92 Å². The quantitative estimate of drug-likeness (QED) is 0.879. The molecule has 1 saturated carbocycles. The molecule has 2 aromatic rings. The van der Waals surface area contributed by atoms with Crippen LogP contribution in [0.25, 0.3) is 0 Å². The predicted molar refractivity (Wildman–Crippen MR) is 103 cm³/mol. The molecular weight excluding hydrogens is 340 g/mol. The predicted octanol–water partition coefficient (Wildman–Crippen LogP) is 3.29. The van der Waals surface area contributed by atoms with Gasteiger partial charge in [0.2, 0.25) is 5.95 Å². The number of hydrogen-bond donors (Lipinski definition) is 1. The van der Waals surface area contributed by atoms with Crippen molar-refractivity contribution in [3.05, 3.63) is 53.9 Å². The molecule has 2 aliphatic rings. The standard InChI is InChI=1S/C21H26N4O2/c1-14(2)24-21-22-10-17(11-23-21)20(26)25-12-18(15-6-4-3-5-7-15)27-19(13-25)16-8-9-16/h3-7,10-11,14,16,18-19H,8-9,12-13H2,1-2H3,(H,22,23,24)/t18-,19+/m0/s1. The number of aromatic nitrogens is 2. The van der Waals surface area contributed by atoms with Crippen molar-refractivity contribution in [3.63, 3.8) is 0 Å². The molecule has 0 bridgehead atoms. The van der Waals surface area contributed by atoms with Crippen molar-refractivity contribution in [3.8, 4) is 0 Å². The van der Waals surface area contributed by atoms with E-state index in [9.17, 15) is 4.79 Å². The van der Waals surface area contributed by atoms with Crippen LogP contribution in [-0.4, -0.2) is 46.0 Å². The van der Waals surface area contributed by atoms with Gasteiger partial charge in [-0.2, -0.15) is 0 Å². The van der Waals surface area contributed by atoms with Crippen LogP contribution in [0.4, 0.5) is 5.95 Å². The minimum atomic E-state index is -0.0858. The third kappa shape index (κ3) is 4.27. The Morgan fingerprint density at radius 1 is 1.15 bits per heavy atom. The molecular formula is C21H26N4O2. The number of benzene rings is 1. The molecule has 1 aliphatic carbocycles. The van der Waals surface area contributed by atoms with Gasteiger partial charge in [0.1, 0.15) is 6.10 Å². The topological polar surface area (TPSA) is 67.4 Å². The van der Waals surface area contributed by atoms with Gasteiger partial charge in [0, 0.05) is 25.0 Å². The van der Waals surface area contributed by atoms with Gasteiger partial charge in [-0.25, -0.2) is 9.97 Å². The van der Waals surface area contributed by atoms with E-state index in [0.29, 0.717) is 30.5 Å². The largest absolute Gasteiger partial charge is 0.366 e. The Morgan fingerprint density at radius 3 is 2.48 bits per heavy atom. The fourth-order valence-electron chi connectivity index (χ4n) is 3.49. The van der Waals surface area contributed by atoms with Gasteiger partial charge in [-0.1, -0.05) is 30.3 Å². The highest BCUT2D eigenvalue weighted by Gasteiger charge is 2.40. The average molecular weight is 366 g/mol. The molecule has 0 unspecified atom stereocenters. The summed E-state index contributed by atoms with van der Waals surface area (Å²) in [5.41, 5.74) is 1.64. The van der Waals surface area contributed by atoms with Crippen LogP contribution in [0, 0.1) is 5.92 Å². The average Bonchev–Trinajstić information content (AvgIpc) is 3.53. The normalized spacial score (nSPS) is 22.7. The lowest BCUT2D eigenvalue weighted by Gasteiger charge is -2.38. The number of carbonyl (C=O) groups excluding carboxylic acids is 1. The summed E-state index contributed by atoms with van der Waals surface area (Å²) in [5, 5.41) is 3.14. The van der Waals surface area contributed by atoms with Crippen molar-refractivity contribution >= 4 is 11.9 Å². The van der Waals surface area contributed by atoms with Crippen LogP contribution < -0.4 is 5.32 Å². The summed E-state index contributed by atoms with van der Waals surface area (Å²) in [6.07, 6.45) is 5.62. The molecule has 2 atom stereocenters. The molecule has 1 aliphatic heterocycles. The molecule has 0 radical (unpaired) electrons. The Bertz CT molecular complexity index is 775. The zero-order valence-corrected chi connectivity index (χ0v) is 15.8. The highest BCUT2D eigenvalue weighted by atomic mass is 16.5. The van der Waals surface area contributed by atoms with Gasteiger partial charge >= 0.3 is 0 Å². The molecule has 4 rings (SSSR count). The Balaban J connectivity index is 1.51. The first-order chi connectivity index (χ1) is 13.1. The van der Waals surface area contributed by atoms with Gasteiger partial charge in [-0.15, -0.1) is 0 Å². The summed E-state index contributed by atoms with van der Waals surface area (Å²) in [4.78, 5) is 23.5. The molecule has 2 fully saturated rings. The van der Waals surface area contributed by atoms with Crippen LogP contribution in [0.15, 0.2) is 42.7 Å². The maximum atomic E-state index is 13.1. The van der Waals surface area contributed by atoms with E-state index in [2.05, 4.69) is 27.4 Å². The zero-order valence-electron chi connectivity index (χ0n) is 15.8. The van der Waals surface area contributed by atoms with Gasteiger partial charge in [0.25, 0.3) is 5.91 Å². The van der Waals surface area contributed by atoms with E-state index in [1.165, 1.54) is 12.8 Å². The van der Waals surface area contributed by atoms with Crippen molar-refractivity contribution in [1.29, 1.82) is 0 Å². The van der Waals surface area contributed by atoms with Crippen LogP contribution >= 0.6 is 0 Å². The summed E-state index contributed by atoms with van der Waals surface area (Å²) in [6.45, 7) is 5.24.